The maximum Gasteiger partial charge on any atom is 0.287 e. The molecular weight excluding hydrogens is 474 g/mol. The Kier molecular flexibility index (Phi) is 5.96. The molecular formula is C15H14BrN5O5S2. The smallest absolute Gasteiger partial charge is 0.287 e. The van der Waals surface area contributed by atoms with Gasteiger partial charge in [0.25, 0.3) is 21.3 Å². The zero-order valence-electron chi connectivity index (χ0n) is 14.3. The van der Waals surface area contributed by atoms with Crippen molar-refractivity contribution in [2.24, 2.45) is 0 Å². The lowest BCUT2D eigenvalue weighted by Gasteiger charge is -2.33. The minimum atomic E-state index is -3.58. The molecule has 3 rings (SSSR count). The molecule has 2 aromatic heterocycles. The highest BCUT2D eigenvalue weighted by Gasteiger charge is 2.30. The average molecular weight is 488 g/mol. The normalized spacial score (nSPS) is 16.0. The highest BCUT2D eigenvalue weighted by molar-refractivity contribution is 9.11. The molecule has 0 bridgehead atoms. The number of nitro groups is 1. The molecule has 0 N–H and O–H groups in total. The quantitative estimate of drug-likeness (QED) is 0.460. The molecule has 1 saturated heterocycles. The van der Waals surface area contributed by atoms with E-state index in [0.29, 0.717) is 13.1 Å². The first-order chi connectivity index (χ1) is 13.2. The number of hydrogen-bond acceptors (Lipinski definition) is 8. The molecule has 0 unspecified atom stereocenters. The van der Waals surface area contributed by atoms with Crippen molar-refractivity contribution in [1.29, 1.82) is 5.26 Å². The highest BCUT2D eigenvalue weighted by atomic mass is 79.9. The van der Waals surface area contributed by atoms with Crippen LogP contribution in [0.4, 0.5) is 5.69 Å². The van der Waals surface area contributed by atoms with Crippen LogP contribution in [0.3, 0.4) is 0 Å². The Labute approximate surface area is 172 Å². The van der Waals surface area contributed by atoms with Crippen LogP contribution in [0, 0.1) is 21.4 Å². The van der Waals surface area contributed by atoms with E-state index in [1.807, 2.05) is 4.90 Å². The molecule has 0 aromatic carbocycles. The molecule has 3 heterocycles. The predicted molar refractivity (Wildman–Crippen MR) is 104 cm³/mol. The second kappa shape index (κ2) is 8.10. The van der Waals surface area contributed by atoms with Gasteiger partial charge >= 0.3 is 0 Å². The second-order valence-corrected chi connectivity index (χ2v) is 10.6. The van der Waals surface area contributed by atoms with Crippen molar-refractivity contribution in [3.05, 3.63) is 54.2 Å². The number of piperazine rings is 1. The molecule has 13 heteroatoms. The van der Waals surface area contributed by atoms with Crippen LogP contribution in [0.5, 0.6) is 0 Å². The molecule has 0 spiro atoms. The molecule has 0 aliphatic carbocycles. The SMILES string of the molecule is N#Cc1cc([N+](=O)[O-])cn(CN2CCN(S(=O)(=O)c3ccc(Br)s3)CC2)c1=O. The maximum atomic E-state index is 12.7. The summed E-state index contributed by atoms with van der Waals surface area (Å²) in [4.78, 5) is 24.4. The van der Waals surface area contributed by atoms with Crippen molar-refractivity contribution < 1.29 is 13.3 Å². The van der Waals surface area contributed by atoms with Crippen LogP contribution in [0.1, 0.15) is 5.56 Å². The maximum absolute atomic E-state index is 12.7. The number of aromatic nitrogens is 1. The summed E-state index contributed by atoms with van der Waals surface area (Å²) in [6, 6.07) is 5.84. The third-order valence-corrected chi connectivity index (χ3v) is 8.22. The van der Waals surface area contributed by atoms with E-state index in [1.165, 1.54) is 4.31 Å². The minimum Gasteiger partial charge on any atom is -0.294 e. The molecule has 2 aromatic rings. The van der Waals surface area contributed by atoms with Gasteiger partial charge in [0.05, 0.1) is 21.6 Å². The third kappa shape index (κ3) is 4.15. The van der Waals surface area contributed by atoms with Gasteiger partial charge in [0, 0.05) is 32.2 Å². The van der Waals surface area contributed by atoms with E-state index >= 15 is 0 Å². The summed E-state index contributed by atoms with van der Waals surface area (Å²) in [5, 5.41) is 20.0. The van der Waals surface area contributed by atoms with E-state index in [2.05, 4.69) is 15.9 Å². The zero-order valence-corrected chi connectivity index (χ0v) is 17.5. The highest BCUT2D eigenvalue weighted by Crippen LogP contribution is 2.29. The zero-order chi connectivity index (χ0) is 20.5. The van der Waals surface area contributed by atoms with Crippen molar-refractivity contribution in [3.63, 3.8) is 0 Å². The Balaban J connectivity index is 1.73. The number of nitriles is 1. The molecule has 0 amide bonds. The largest absolute Gasteiger partial charge is 0.294 e. The lowest BCUT2D eigenvalue weighted by molar-refractivity contribution is -0.385. The first kappa shape index (κ1) is 20.6. The first-order valence-electron chi connectivity index (χ1n) is 7.99. The molecule has 0 saturated carbocycles. The van der Waals surface area contributed by atoms with E-state index in [0.717, 1.165) is 32.0 Å². The number of halogens is 1. The Bertz CT molecular complexity index is 1110. The number of hydrogen-bond donors (Lipinski definition) is 0. The molecule has 28 heavy (non-hydrogen) atoms. The van der Waals surface area contributed by atoms with Crippen molar-refractivity contribution in [3.8, 4) is 6.07 Å². The number of sulfonamides is 1. The fourth-order valence-electron chi connectivity index (χ4n) is 2.80. The fourth-order valence-corrected chi connectivity index (χ4v) is 6.38. The van der Waals surface area contributed by atoms with Gasteiger partial charge in [-0.25, -0.2) is 8.42 Å². The Hall–Kier alpha value is -2.11. The van der Waals surface area contributed by atoms with Crippen LogP contribution in [0.2, 0.25) is 0 Å². The van der Waals surface area contributed by atoms with Crippen molar-refractivity contribution >= 4 is 43.0 Å². The van der Waals surface area contributed by atoms with Crippen molar-refractivity contribution in [2.75, 3.05) is 26.2 Å². The molecule has 1 aliphatic heterocycles. The summed E-state index contributed by atoms with van der Waals surface area (Å²) in [5.41, 5.74) is -1.27. The average Bonchev–Trinajstić information content (AvgIpc) is 3.11. The lowest BCUT2D eigenvalue weighted by atomic mass is 10.3. The van der Waals surface area contributed by atoms with Crippen LogP contribution in [0.25, 0.3) is 0 Å². The minimum absolute atomic E-state index is 0.0353. The van der Waals surface area contributed by atoms with Crippen LogP contribution in [-0.2, 0) is 16.7 Å². The monoisotopic (exact) mass is 487 g/mol. The summed E-state index contributed by atoms with van der Waals surface area (Å²) < 4.78 is 28.8. The molecule has 10 nitrogen and oxygen atoms in total. The van der Waals surface area contributed by atoms with Crippen molar-refractivity contribution in [2.45, 2.75) is 10.9 Å². The predicted octanol–water partition coefficient (Wildman–Crippen LogP) is 1.42. The Morgan fingerprint density at radius 1 is 1.29 bits per heavy atom. The van der Waals surface area contributed by atoms with Gasteiger partial charge in [-0.05, 0) is 28.1 Å². The van der Waals surface area contributed by atoms with Crippen LogP contribution in [0.15, 0.2) is 37.2 Å². The molecule has 148 valence electrons. The van der Waals surface area contributed by atoms with E-state index in [1.54, 1.807) is 18.2 Å². The summed E-state index contributed by atoms with van der Waals surface area (Å²) in [7, 11) is -3.58. The summed E-state index contributed by atoms with van der Waals surface area (Å²) in [5.74, 6) is 0. The van der Waals surface area contributed by atoms with E-state index < -0.39 is 20.5 Å². The fraction of sp³-hybridized carbons (Fsp3) is 0.333. The molecule has 1 fully saturated rings. The van der Waals surface area contributed by atoms with Gasteiger partial charge in [-0.1, -0.05) is 0 Å². The first-order valence-corrected chi connectivity index (χ1v) is 11.0. The van der Waals surface area contributed by atoms with E-state index in [9.17, 15) is 23.3 Å². The molecule has 1 aliphatic rings. The van der Waals surface area contributed by atoms with Gasteiger partial charge in [0.2, 0.25) is 0 Å². The van der Waals surface area contributed by atoms with Gasteiger partial charge in [-0.2, -0.15) is 9.57 Å². The summed E-state index contributed by atoms with van der Waals surface area (Å²) in [6.45, 7) is 1.19. The molecule has 0 radical (unpaired) electrons. The van der Waals surface area contributed by atoms with E-state index in [4.69, 9.17) is 5.26 Å². The Morgan fingerprint density at radius 2 is 1.96 bits per heavy atom. The van der Waals surface area contributed by atoms with Crippen molar-refractivity contribution in [1.82, 2.24) is 13.8 Å². The molecule has 0 atom stereocenters. The van der Waals surface area contributed by atoms with Gasteiger partial charge in [0.1, 0.15) is 15.8 Å². The van der Waals surface area contributed by atoms with Gasteiger partial charge in [-0.15, -0.1) is 11.3 Å². The Morgan fingerprint density at radius 3 is 2.50 bits per heavy atom. The lowest BCUT2D eigenvalue weighted by Crippen LogP contribution is -2.49. The van der Waals surface area contributed by atoms with Gasteiger partial charge in [0.15, 0.2) is 0 Å². The summed E-state index contributed by atoms with van der Waals surface area (Å²) >= 11 is 4.39. The van der Waals surface area contributed by atoms with Crippen LogP contribution in [-0.4, -0.2) is 53.3 Å². The van der Waals surface area contributed by atoms with Gasteiger partial charge < -0.3 is 0 Å². The van der Waals surface area contributed by atoms with Crippen LogP contribution < -0.4 is 5.56 Å². The number of thiophene rings is 1. The summed E-state index contributed by atoms with van der Waals surface area (Å²) in [6.07, 6.45) is 1.09. The number of rotatable bonds is 5. The number of nitrogens with zero attached hydrogens (tertiary/aromatic N) is 5. The third-order valence-electron chi connectivity index (χ3n) is 4.23. The topological polar surface area (TPSA) is 130 Å². The van der Waals surface area contributed by atoms with E-state index in [-0.39, 0.29) is 35.2 Å². The second-order valence-electron chi connectivity index (χ2n) is 5.98. The standard InChI is InChI=1S/C15H14BrN5O5S2/c16-13-1-2-14(27-13)28(25,26)20-5-3-18(4-6-20)10-19-9-12(21(23)24)7-11(8-17)15(19)22/h1-2,7,9H,3-6,10H2. The van der Waals surface area contributed by atoms with Gasteiger partial charge in [-0.3, -0.25) is 24.4 Å². The number of pyridine rings is 1. The van der Waals surface area contributed by atoms with Crippen LogP contribution >= 0.6 is 27.3 Å².